The molecule has 1 aromatic rings. The lowest BCUT2D eigenvalue weighted by atomic mass is 10.5. The average molecular weight is 170 g/mol. The number of hydrogen-bond donors (Lipinski definition) is 2. The third-order valence-electron chi connectivity index (χ3n) is 1.63. The third kappa shape index (κ3) is 1.86. The van der Waals surface area contributed by atoms with Crippen molar-refractivity contribution in [3.05, 3.63) is 0 Å². The summed E-state index contributed by atoms with van der Waals surface area (Å²) in [5.74, 6) is 2.44. The third-order valence-corrected chi connectivity index (χ3v) is 2.71. The predicted molar refractivity (Wildman–Crippen MR) is 44.2 cm³/mol. The molecule has 0 spiro atoms. The molecule has 1 aromatic heterocycles. The summed E-state index contributed by atoms with van der Waals surface area (Å²) in [5.41, 5.74) is 5.36. The highest BCUT2D eigenvalue weighted by molar-refractivity contribution is 7.99. The molecule has 0 saturated heterocycles. The molecular weight excluding hydrogens is 160 g/mol. The molecule has 1 aliphatic carbocycles. The number of nitrogens with zero attached hydrogens (tertiary/aromatic N) is 2. The van der Waals surface area contributed by atoms with Gasteiger partial charge in [0, 0.05) is 5.75 Å². The molecule has 1 aliphatic rings. The van der Waals surface area contributed by atoms with Crippen LogP contribution in [0.5, 0.6) is 0 Å². The molecule has 60 valence electrons. The fourth-order valence-corrected chi connectivity index (χ4v) is 1.79. The first-order chi connectivity index (χ1) is 5.34. The van der Waals surface area contributed by atoms with Crippen LogP contribution < -0.4 is 5.73 Å². The normalized spacial score (nSPS) is 17.1. The Bertz CT molecular complexity index is 242. The minimum absolute atomic E-state index is 0.406. The summed E-state index contributed by atoms with van der Waals surface area (Å²) in [7, 11) is 0. The van der Waals surface area contributed by atoms with Gasteiger partial charge in [-0.25, -0.2) is 5.10 Å². The van der Waals surface area contributed by atoms with E-state index in [-0.39, 0.29) is 0 Å². The first kappa shape index (κ1) is 6.97. The largest absolute Gasteiger partial charge is 0.368 e. The molecule has 0 atom stereocenters. The number of aromatic nitrogens is 3. The van der Waals surface area contributed by atoms with Crippen LogP contribution in [-0.4, -0.2) is 20.9 Å². The van der Waals surface area contributed by atoms with Gasteiger partial charge in [-0.05, 0) is 18.8 Å². The molecular formula is C6H10N4S. The highest BCUT2D eigenvalue weighted by atomic mass is 32.2. The van der Waals surface area contributed by atoms with Gasteiger partial charge in [0.05, 0.1) is 0 Å². The maximum atomic E-state index is 5.36. The average Bonchev–Trinajstić information content (AvgIpc) is 2.72. The lowest BCUT2D eigenvalue weighted by Crippen LogP contribution is -1.85. The molecule has 1 saturated carbocycles. The Morgan fingerprint density at radius 1 is 1.64 bits per heavy atom. The van der Waals surface area contributed by atoms with Crippen LogP contribution in [0.4, 0.5) is 5.95 Å². The van der Waals surface area contributed by atoms with E-state index in [2.05, 4.69) is 15.2 Å². The maximum absolute atomic E-state index is 5.36. The van der Waals surface area contributed by atoms with Gasteiger partial charge in [0.1, 0.15) is 0 Å². The van der Waals surface area contributed by atoms with Crippen LogP contribution in [0.15, 0.2) is 5.16 Å². The van der Waals surface area contributed by atoms with E-state index in [9.17, 15) is 0 Å². The molecule has 0 bridgehead atoms. The summed E-state index contributed by atoms with van der Waals surface area (Å²) in [6, 6.07) is 0. The second kappa shape index (κ2) is 2.73. The van der Waals surface area contributed by atoms with Crippen molar-refractivity contribution in [3.8, 4) is 0 Å². The van der Waals surface area contributed by atoms with E-state index in [1.165, 1.54) is 12.8 Å². The zero-order valence-electron chi connectivity index (χ0n) is 6.08. The van der Waals surface area contributed by atoms with E-state index in [1.807, 2.05) is 0 Å². The van der Waals surface area contributed by atoms with Crippen LogP contribution in [-0.2, 0) is 0 Å². The Labute approximate surface area is 69.0 Å². The lowest BCUT2D eigenvalue weighted by Gasteiger charge is -1.89. The van der Waals surface area contributed by atoms with Crippen LogP contribution in [0.25, 0.3) is 0 Å². The van der Waals surface area contributed by atoms with Gasteiger partial charge < -0.3 is 5.73 Å². The second-order valence-electron chi connectivity index (χ2n) is 2.76. The zero-order valence-corrected chi connectivity index (χ0v) is 6.90. The lowest BCUT2D eigenvalue weighted by molar-refractivity contribution is 0.952. The van der Waals surface area contributed by atoms with Gasteiger partial charge in [-0.15, -0.1) is 5.10 Å². The molecule has 0 aliphatic heterocycles. The quantitative estimate of drug-likeness (QED) is 0.661. The minimum Gasteiger partial charge on any atom is -0.368 e. The molecule has 0 unspecified atom stereocenters. The van der Waals surface area contributed by atoms with E-state index in [4.69, 9.17) is 5.73 Å². The minimum atomic E-state index is 0.406. The maximum Gasteiger partial charge on any atom is 0.216 e. The van der Waals surface area contributed by atoms with Crippen LogP contribution in [0, 0.1) is 5.92 Å². The van der Waals surface area contributed by atoms with Crippen molar-refractivity contribution in [1.82, 2.24) is 15.2 Å². The molecule has 1 fully saturated rings. The van der Waals surface area contributed by atoms with Crippen molar-refractivity contribution < 1.29 is 0 Å². The summed E-state index contributed by atoms with van der Waals surface area (Å²) >= 11 is 1.68. The van der Waals surface area contributed by atoms with Gasteiger partial charge in [-0.2, -0.15) is 4.98 Å². The number of nitrogens with one attached hydrogen (secondary N) is 1. The van der Waals surface area contributed by atoms with E-state index < -0.39 is 0 Å². The van der Waals surface area contributed by atoms with E-state index >= 15 is 0 Å². The molecule has 0 radical (unpaired) electrons. The molecule has 3 N–H and O–H groups in total. The van der Waals surface area contributed by atoms with E-state index in [0.717, 1.165) is 16.8 Å². The second-order valence-corrected chi connectivity index (χ2v) is 3.74. The summed E-state index contributed by atoms with van der Waals surface area (Å²) in [6.45, 7) is 0. The van der Waals surface area contributed by atoms with E-state index in [0.29, 0.717) is 5.95 Å². The van der Waals surface area contributed by atoms with Crippen molar-refractivity contribution in [2.75, 3.05) is 11.5 Å². The van der Waals surface area contributed by atoms with Gasteiger partial charge >= 0.3 is 0 Å². The Balaban J connectivity index is 1.85. The van der Waals surface area contributed by atoms with Crippen LogP contribution in [0.3, 0.4) is 0 Å². The summed E-state index contributed by atoms with van der Waals surface area (Å²) in [4.78, 5) is 3.98. The summed E-state index contributed by atoms with van der Waals surface area (Å²) in [6.07, 6.45) is 2.74. The SMILES string of the molecule is Nc1nc(SCC2CC2)n[nH]1. The Hall–Kier alpha value is -0.710. The molecule has 1 heterocycles. The highest BCUT2D eigenvalue weighted by Gasteiger charge is 2.21. The summed E-state index contributed by atoms with van der Waals surface area (Å²) in [5, 5.41) is 7.30. The van der Waals surface area contributed by atoms with Gasteiger partial charge in [0.25, 0.3) is 0 Å². The van der Waals surface area contributed by atoms with Crippen molar-refractivity contribution in [3.63, 3.8) is 0 Å². The van der Waals surface area contributed by atoms with Gasteiger partial charge in [0.15, 0.2) is 0 Å². The van der Waals surface area contributed by atoms with Crippen molar-refractivity contribution in [2.24, 2.45) is 5.92 Å². The van der Waals surface area contributed by atoms with Crippen LogP contribution in [0.2, 0.25) is 0 Å². The number of hydrogen-bond acceptors (Lipinski definition) is 4. The van der Waals surface area contributed by atoms with E-state index in [1.54, 1.807) is 11.8 Å². The first-order valence-corrected chi connectivity index (χ1v) is 4.64. The highest BCUT2D eigenvalue weighted by Crippen LogP contribution is 2.33. The predicted octanol–water partition coefficient (Wildman–Crippen LogP) is 0.889. The summed E-state index contributed by atoms with van der Waals surface area (Å²) < 4.78 is 0. The number of aromatic amines is 1. The molecule has 4 nitrogen and oxygen atoms in total. The molecule has 2 rings (SSSR count). The zero-order chi connectivity index (χ0) is 7.68. The standard InChI is InChI=1S/C6H10N4S/c7-5-8-6(10-9-5)11-3-4-1-2-4/h4H,1-3H2,(H3,7,8,9,10). The Morgan fingerprint density at radius 3 is 3.00 bits per heavy atom. The van der Waals surface area contributed by atoms with Crippen molar-refractivity contribution in [2.45, 2.75) is 18.0 Å². The molecule has 0 aromatic carbocycles. The molecule has 0 amide bonds. The first-order valence-electron chi connectivity index (χ1n) is 3.65. The number of rotatable bonds is 3. The monoisotopic (exact) mass is 170 g/mol. The van der Waals surface area contributed by atoms with Gasteiger partial charge in [0.2, 0.25) is 11.1 Å². The van der Waals surface area contributed by atoms with Crippen LogP contribution in [0.1, 0.15) is 12.8 Å². The molecule has 5 heteroatoms. The van der Waals surface area contributed by atoms with Gasteiger partial charge in [-0.3, -0.25) is 0 Å². The number of anilines is 1. The number of nitrogen functional groups attached to an aromatic ring is 1. The van der Waals surface area contributed by atoms with Gasteiger partial charge in [-0.1, -0.05) is 11.8 Å². The fraction of sp³-hybridized carbons (Fsp3) is 0.667. The van der Waals surface area contributed by atoms with Crippen molar-refractivity contribution in [1.29, 1.82) is 0 Å². The number of H-pyrrole nitrogens is 1. The number of thioether (sulfide) groups is 1. The smallest absolute Gasteiger partial charge is 0.216 e. The molecule has 11 heavy (non-hydrogen) atoms. The van der Waals surface area contributed by atoms with Crippen LogP contribution >= 0.6 is 11.8 Å². The Kier molecular flexibility index (Phi) is 1.73. The fourth-order valence-electron chi connectivity index (χ4n) is 0.800. The Morgan fingerprint density at radius 2 is 2.45 bits per heavy atom. The topological polar surface area (TPSA) is 67.6 Å². The van der Waals surface area contributed by atoms with Crippen molar-refractivity contribution >= 4 is 17.7 Å². The number of nitrogens with two attached hydrogens (primary N) is 1.